The van der Waals surface area contributed by atoms with Gasteiger partial charge in [0.2, 0.25) is 11.8 Å². The first-order valence-corrected chi connectivity index (χ1v) is 7.89. The number of methoxy groups -OCH3 is 1. The van der Waals surface area contributed by atoms with Crippen molar-refractivity contribution < 1.29 is 23.8 Å². The molecule has 1 aliphatic rings. The van der Waals surface area contributed by atoms with Crippen LogP contribution in [0.3, 0.4) is 0 Å². The van der Waals surface area contributed by atoms with Gasteiger partial charge < -0.3 is 19.5 Å². The predicted octanol–water partition coefficient (Wildman–Crippen LogP) is 2.21. The summed E-state index contributed by atoms with van der Waals surface area (Å²) in [4.78, 5) is 27.3. The number of nitrogens with zero attached hydrogens (tertiary/aromatic N) is 1. The molecule has 1 aliphatic heterocycles. The van der Waals surface area contributed by atoms with E-state index in [1.54, 1.807) is 18.2 Å². The van der Waals surface area contributed by atoms with E-state index in [4.69, 9.17) is 14.2 Å². The molecule has 1 aromatic heterocycles. The molecule has 0 atom stereocenters. The number of carbonyl (C=O) groups excluding carboxylic acids is 2. The third-order valence-corrected chi connectivity index (χ3v) is 3.74. The van der Waals surface area contributed by atoms with Crippen molar-refractivity contribution in [2.24, 2.45) is 0 Å². The lowest BCUT2D eigenvalue weighted by molar-refractivity contribution is -0.116. The summed E-state index contributed by atoms with van der Waals surface area (Å²) in [6, 6.07) is 8.71. The van der Waals surface area contributed by atoms with Crippen molar-refractivity contribution in [3.05, 3.63) is 47.7 Å². The maximum Gasteiger partial charge on any atom is 0.343 e. The summed E-state index contributed by atoms with van der Waals surface area (Å²) in [5.74, 6) is 0.413. The number of hydrogen-bond donors (Lipinski definition) is 1. The fraction of sp³-hybridized carbons (Fsp3) is 0.278. The number of fused-ring (bicyclic) bond motifs is 1. The fourth-order valence-corrected chi connectivity index (χ4v) is 2.53. The lowest BCUT2D eigenvalue weighted by Gasteiger charge is -2.17. The van der Waals surface area contributed by atoms with E-state index < -0.39 is 5.97 Å². The Labute approximate surface area is 144 Å². The fourth-order valence-electron chi connectivity index (χ4n) is 2.53. The number of pyridine rings is 1. The summed E-state index contributed by atoms with van der Waals surface area (Å²) < 4.78 is 15.8. The quantitative estimate of drug-likeness (QED) is 0.640. The Morgan fingerprint density at radius 2 is 2.12 bits per heavy atom. The van der Waals surface area contributed by atoms with Gasteiger partial charge in [-0.25, -0.2) is 9.78 Å². The first-order chi connectivity index (χ1) is 12.2. The predicted molar refractivity (Wildman–Crippen MR) is 90.0 cm³/mol. The van der Waals surface area contributed by atoms with Gasteiger partial charge in [-0.1, -0.05) is 0 Å². The van der Waals surface area contributed by atoms with E-state index in [0.717, 1.165) is 11.3 Å². The van der Waals surface area contributed by atoms with Crippen LogP contribution in [0, 0.1) is 0 Å². The normalized spacial score (nSPS) is 12.8. The molecule has 25 heavy (non-hydrogen) atoms. The zero-order valence-electron chi connectivity index (χ0n) is 13.8. The van der Waals surface area contributed by atoms with Gasteiger partial charge in [-0.05, 0) is 42.3 Å². The first kappa shape index (κ1) is 16.8. The summed E-state index contributed by atoms with van der Waals surface area (Å²) in [7, 11) is 1.45. The van der Waals surface area contributed by atoms with E-state index >= 15 is 0 Å². The van der Waals surface area contributed by atoms with Gasteiger partial charge in [-0.2, -0.15) is 0 Å². The molecular formula is C18H18N2O5. The van der Waals surface area contributed by atoms with Crippen molar-refractivity contribution in [1.29, 1.82) is 0 Å². The van der Waals surface area contributed by atoms with Crippen LogP contribution in [0.2, 0.25) is 0 Å². The Kier molecular flexibility index (Phi) is 5.13. The lowest BCUT2D eigenvalue weighted by Crippen LogP contribution is -2.19. The van der Waals surface area contributed by atoms with Gasteiger partial charge in [0.25, 0.3) is 0 Å². The minimum absolute atomic E-state index is 0.0268. The topological polar surface area (TPSA) is 86.8 Å². The number of aryl methyl sites for hydroxylation is 1. The molecule has 0 spiro atoms. The highest BCUT2D eigenvalue weighted by Gasteiger charge is 2.16. The first-order valence-electron chi connectivity index (χ1n) is 7.89. The van der Waals surface area contributed by atoms with Crippen molar-refractivity contribution in [2.75, 3.05) is 25.6 Å². The number of rotatable bonds is 6. The Bertz CT molecular complexity index is 791. The SMILES string of the molecule is COc1ncccc1C(=O)OCCOc1ccc2c(c1)CCC(=O)N2. The molecule has 0 aliphatic carbocycles. The highest BCUT2D eigenvalue weighted by atomic mass is 16.6. The molecule has 0 saturated carbocycles. The molecule has 1 aromatic carbocycles. The molecule has 3 rings (SSSR count). The summed E-state index contributed by atoms with van der Waals surface area (Å²) in [6.45, 7) is 0.324. The maximum absolute atomic E-state index is 12.0. The molecular weight excluding hydrogens is 324 g/mol. The van der Waals surface area contributed by atoms with Crippen molar-refractivity contribution in [3.63, 3.8) is 0 Å². The second-order valence-electron chi connectivity index (χ2n) is 5.41. The van der Waals surface area contributed by atoms with Crippen LogP contribution in [0.25, 0.3) is 0 Å². The van der Waals surface area contributed by atoms with Crippen LogP contribution in [0.15, 0.2) is 36.5 Å². The van der Waals surface area contributed by atoms with Crippen LogP contribution >= 0.6 is 0 Å². The van der Waals surface area contributed by atoms with E-state index in [1.807, 2.05) is 12.1 Å². The zero-order chi connectivity index (χ0) is 17.6. The molecule has 1 amide bonds. The van der Waals surface area contributed by atoms with Crippen LogP contribution in [-0.4, -0.2) is 37.2 Å². The minimum atomic E-state index is -0.512. The molecule has 130 valence electrons. The van der Waals surface area contributed by atoms with E-state index in [-0.39, 0.29) is 30.6 Å². The Balaban J connectivity index is 1.50. The molecule has 0 unspecified atom stereocenters. The number of carbonyl (C=O) groups is 2. The summed E-state index contributed by atoms with van der Waals surface area (Å²) in [5.41, 5.74) is 2.13. The van der Waals surface area contributed by atoms with Crippen LogP contribution in [0.4, 0.5) is 5.69 Å². The maximum atomic E-state index is 12.0. The highest BCUT2D eigenvalue weighted by molar-refractivity contribution is 5.94. The smallest absolute Gasteiger partial charge is 0.343 e. The number of ether oxygens (including phenoxy) is 3. The number of hydrogen-bond acceptors (Lipinski definition) is 6. The number of nitrogens with one attached hydrogen (secondary N) is 1. The lowest BCUT2D eigenvalue weighted by atomic mass is 10.0. The van der Waals surface area contributed by atoms with Crippen molar-refractivity contribution in [3.8, 4) is 11.6 Å². The molecule has 0 bridgehead atoms. The molecule has 0 radical (unpaired) electrons. The minimum Gasteiger partial charge on any atom is -0.490 e. The van der Waals surface area contributed by atoms with Crippen LogP contribution in [0.1, 0.15) is 22.3 Å². The Morgan fingerprint density at radius 1 is 1.24 bits per heavy atom. The molecule has 0 saturated heterocycles. The number of aromatic nitrogens is 1. The second kappa shape index (κ2) is 7.65. The van der Waals surface area contributed by atoms with Crippen LogP contribution in [0.5, 0.6) is 11.6 Å². The molecule has 7 nitrogen and oxygen atoms in total. The average Bonchev–Trinajstić information content (AvgIpc) is 2.65. The van der Waals surface area contributed by atoms with Crippen LogP contribution < -0.4 is 14.8 Å². The number of esters is 1. The van der Waals surface area contributed by atoms with E-state index in [9.17, 15) is 9.59 Å². The van der Waals surface area contributed by atoms with Gasteiger partial charge in [0, 0.05) is 18.3 Å². The third-order valence-electron chi connectivity index (χ3n) is 3.74. The number of amides is 1. The Morgan fingerprint density at radius 3 is 2.96 bits per heavy atom. The second-order valence-corrected chi connectivity index (χ2v) is 5.41. The van der Waals surface area contributed by atoms with Gasteiger partial charge in [0.1, 0.15) is 24.5 Å². The van der Waals surface area contributed by atoms with Crippen molar-refractivity contribution >= 4 is 17.6 Å². The summed E-state index contributed by atoms with van der Waals surface area (Å²) in [6.07, 6.45) is 2.70. The standard InChI is InChI=1S/C18H18N2O5/c1-23-17-14(3-2-8-19-17)18(22)25-10-9-24-13-5-6-15-12(11-13)4-7-16(21)20-15/h2-3,5-6,8,11H,4,7,9-10H2,1H3,(H,20,21). The van der Waals surface area contributed by atoms with Crippen molar-refractivity contribution in [1.82, 2.24) is 4.98 Å². The van der Waals surface area contributed by atoms with E-state index in [0.29, 0.717) is 18.6 Å². The molecule has 7 heteroatoms. The molecule has 2 heterocycles. The summed E-state index contributed by atoms with van der Waals surface area (Å²) >= 11 is 0. The van der Waals surface area contributed by atoms with E-state index in [1.165, 1.54) is 13.3 Å². The van der Waals surface area contributed by atoms with Crippen LogP contribution in [-0.2, 0) is 16.0 Å². The Hall–Kier alpha value is -3.09. The molecule has 0 fully saturated rings. The van der Waals surface area contributed by atoms with Gasteiger partial charge in [0.15, 0.2) is 0 Å². The monoisotopic (exact) mass is 342 g/mol. The molecule has 1 N–H and O–H groups in total. The molecule has 2 aromatic rings. The largest absolute Gasteiger partial charge is 0.490 e. The summed E-state index contributed by atoms with van der Waals surface area (Å²) in [5, 5.41) is 2.82. The van der Waals surface area contributed by atoms with E-state index in [2.05, 4.69) is 10.3 Å². The van der Waals surface area contributed by atoms with Gasteiger partial charge in [0.05, 0.1) is 7.11 Å². The highest BCUT2D eigenvalue weighted by Crippen LogP contribution is 2.26. The van der Waals surface area contributed by atoms with Gasteiger partial charge in [-0.15, -0.1) is 0 Å². The zero-order valence-corrected chi connectivity index (χ0v) is 13.8. The number of benzene rings is 1. The average molecular weight is 342 g/mol. The van der Waals surface area contributed by atoms with Crippen molar-refractivity contribution in [2.45, 2.75) is 12.8 Å². The van der Waals surface area contributed by atoms with Gasteiger partial charge in [-0.3, -0.25) is 4.79 Å². The van der Waals surface area contributed by atoms with Gasteiger partial charge >= 0.3 is 5.97 Å². The number of anilines is 1. The third kappa shape index (κ3) is 4.06.